The number of hydrogen-bond acceptors (Lipinski definition) is 4. The number of nitriles is 1. The van der Waals surface area contributed by atoms with E-state index in [1.807, 2.05) is 19.9 Å². The fourth-order valence-corrected chi connectivity index (χ4v) is 1.21. The van der Waals surface area contributed by atoms with Crippen LogP contribution in [-0.2, 0) is 0 Å². The van der Waals surface area contributed by atoms with Crippen molar-refractivity contribution in [3.8, 4) is 6.07 Å². The number of nitrogens with two attached hydrogens (primary N) is 1. The first-order chi connectivity index (χ1) is 6.06. The Hall–Kier alpha value is -1.60. The molecule has 0 radical (unpaired) electrons. The maximum Gasteiger partial charge on any atom is 0.160 e. The normalized spacial score (nSPS) is 9.46. The number of anilines is 1. The highest BCUT2D eigenvalue weighted by Gasteiger charge is 2.09. The summed E-state index contributed by atoms with van der Waals surface area (Å²) < 4.78 is 0. The van der Waals surface area contributed by atoms with Crippen LogP contribution in [0.2, 0.25) is 0 Å². The van der Waals surface area contributed by atoms with Crippen LogP contribution in [0.1, 0.15) is 16.8 Å². The van der Waals surface area contributed by atoms with E-state index >= 15 is 0 Å². The Balaban J connectivity index is 3.41. The lowest BCUT2D eigenvalue weighted by atomic mass is 10.1. The summed E-state index contributed by atoms with van der Waals surface area (Å²) in [6, 6.07) is 3.95. The van der Waals surface area contributed by atoms with Crippen LogP contribution in [0, 0.1) is 25.2 Å². The lowest BCUT2D eigenvalue weighted by Crippen LogP contribution is -2.27. The van der Waals surface area contributed by atoms with Crippen LogP contribution >= 0.6 is 0 Å². The van der Waals surface area contributed by atoms with Crippen molar-refractivity contribution in [3.63, 3.8) is 0 Å². The maximum atomic E-state index is 8.87. The molecule has 1 heterocycles. The second-order valence-electron chi connectivity index (χ2n) is 3.00. The third-order valence-corrected chi connectivity index (χ3v) is 1.77. The van der Waals surface area contributed by atoms with Gasteiger partial charge in [0.25, 0.3) is 0 Å². The highest BCUT2D eigenvalue weighted by molar-refractivity contribution is 5.56. The van der Waals surface area contributed by atoms with Gasteiger partial charge in [0.2, 0.25) is 0 Å². The van der Waals surface area contributed by atoms with Gasteiger partial charge in [0.1, 0.15) is 6.07 Å². The molecule has 0 spiro atoms. The molecule has 68 valence electrons. The molecule has 0 fully saturated rings. The van der Waals surface area contributed by atoms with E-state index in [4.69, 9.17) is 11.1 Å². The zero-order valence-electron chi connectivity index (χ0n) is 8.00. The lowest BCUT2D eigenvalue weighted by molar-refractivity contribution is 0.956. The zero-order chi connectivity index (χ0) is 10.0. The Morgan fingerprint density at radius 3 is 2.62 bits per heavy atom. The Morgan fingerprint density at radius 1 is 1.54 bits per heavy atom. The number of aryl methyl sites for hydroxylation is 2. The van der Waals surface area contributed by atoms with Crippen LogP contribution in [0.15, 0.2) is 6.07 Å². The molecule has 4 heteroatoms. The fraction of sp³-hybridized carbons (Fsp3) is 0.333. The van der Waals surface area contributed by atoms with Crippen LogP contribution in [0.5, 0.6) is 0 Å². The predicted octanol–water partition coefficient (Wildman–Crippen LogP) is 0.880. The molecule has 2 N–H and O–H groups in total. The van der Waals surface area contributed by atoms with E-state index in [9.17, 15) is 0 Å². The van der Waals surface area contributed by atoms with Gasteiger partial charge < -0.3 is 0 Å². The van der Waals surface area contributed by atoms with Gasteiger partial charge in [0, 0.05) is 12.7 Å². The molecule has 4 nitrogen and oxygen atoms in total. The van der Waals surface area contributed by atoms with Crippen LogP contribution in [-0.4, -0.2) is 12.0 Å². The minimum atomic E-state index is 0.528. The molecule has 0 saturated carbocycles. The zero-order valence-corrected chi connectivity index (χ0v) is 8.00. The third-order valence-electron chi connectivity index (χ3n) is 1.77. The Morgan fingerprint density at radius 2 is 2.15 bits per heavy atom. The number of hydrogen-bond donors (Lipinski definition) is 1. The van der Waals surface area contributed by atoms with E-state index in [-0.39, 0.29) is 0 Å². The van der Waals surface area contributed by atoms with Crippen LogP contribution in [0.25, 0.3) is 0 Å². The van der Waals surface area contributed by atoms with Gasteiger partial charge in [0.05, 0.1) is 5.56 Å². The monoisotopic (exact) mass is 176 g/mol. The molecule has 0 aromatic carbocycles. The quantitative estimate of drug-likeness (QED) is 0.509. The number of pyridine rings is 1. The van der Waals surface area contributed by atoms with E-state index < -0.39 is 0 Å². The van der Waals surface area contributed by atoms with Gasteiger partial charge >= 0.3 is 0 Å². The second-order valence-corrected chi connectivity index (χ2v) is 3.00. The number of aromatic nitrogens is 1. The molecule has 0 aliphatic rings. The van der Waals surface area contributed by atoms with Gasteiger partial charge in [-0.15, -0.1) is 0 Å². The van der Waals surface area contributed by atoms with E-state index in [0.717, 1.165) is 11.3 Å². The first-order valence-corrected chi connectivity index (χ1v) is 3.93. The Bertz CT molecular complexity index is 363. The standard InChI is InChI=1S/C9H12N4/c1-6-4-7(2)12-9(13(3)11)8(6)5-10/h4H,11H2,1-3H3. The molecule has 0 aliphatic heterocycles. The van der Waals surface area contributed by atoms with Crippen molar-refractivity contribution >= 4 is 5.82 Å². The molecule has 0 aliphatic carbocycles. The van der Waals surface area contributed by atoms with E-state index in [1.165, 1.54) is 5.01 Å². The van der Waals surface area contributed by atoms with Gasteiger partial charge in [-0.2, -0.15) is 5.26 Å². The Labute approximate surface area is 77.6 Å². The smallest absolute Gasteiger partial charge is 0.160 e. The molecule has 1 aromatic rings. The van der Waals surface area contributed by atoms with E-state index in [1.54, 1.807) is 7.05 Å². The van der Waals surface area contributed by atoms with Crippen molar-refractivity contribution in [3.05, 3.63) is 22.9 Å². The van der Waals surface area contributed by atoms with E-state index in [0.29, 0.717) is 11.4 Å². The molecule has 0 amide bonds. The van der Waals surface area contributed by atoms with E-state index in [2.05, 4.69) is 11.1 Å². The summed E-state index contributed by atoms with van der Waals surface area (Å²) in [5, 5.41) is 10.2. The van der Waals surface area contributed by atoms with Crippen molar-refractivity contribution in [2.75, 3.05) is 12.1 Å². The highest BCUT2D eigenvalue weighted by Crippen LogP contribution is 2.18. The summed E-state index contributed by atoms with van der Waals surface area (Å²) in [6.45, 7) is 3.75. The third kappa shape index (κ3) is 1.76. The van der Waals surface area contributed by atoms with Crippen LogP contribution in [0.3, 0.4) is 0 Å². The summed E-state index contributed by atoms with van der Waals surface area (Å²) in [7, 11) is 1.67. The SMILES string of the molecule is Cc1cc(C)c(C#N)c(N(C)N)n1. The molecule has 0 bridgehead atoms. The minimum absolute atomic E-state index is 0.528. The van der Waals surface area contributed by atoms with Crippen molar-refractivity contribution < 1.29 is 0 Å². The fourth-order valence-electron chi connectivity index (χ4n) is 1.21. The topological polar surface area (TPSA) is 65.9 Å². The average molecular weight is 176 g/mol. The first kappa shape index (κ1) is 9.49. The second kappa shape index (κ2) is 3.42. The molecule has 1 rings (SSSR count). The maximum absolute atomic E-state index is 8.87. The highest BCUT2D eigenvalue weighted by atomic mass is 15.4. The summed E-state index contributed by atoms with van der Waals surface area (Å²) in [5.41, 5.74) is 2.31. The van der Waals surface area contributed by atoms with Crippen molar-refractivity contribution in [1.82, 2.24) is 4.98 Å². The largest absolute Gasteiger partial charge is 0.297 e. The van der Waals surface area contributed by atoms with Gasteiger partial charge in [-0.1, -0.05) is 0 Å². The average Bonchev–Trinajstić information content (AvgIpc) is 2.02. The number of hydrazine groups is 1. The molecule has 0 atom stereocenters. The minimum Gasteiger partial charge on any atom is -0.297 e. The summed E-state index contributed by atoms with van der Waals surface area (Å²) >= 11 is 0. The predicted molar refractivity (Wildman–Crippen MR) is 51.0 cm³/mol. The number of nitrogens with zero attached hydrogens (tertiary/aromatic N) is 3. The van der Waals surface area contributed by atoms with Crippen molar-refractivity contribution in [1.29, 1.82) is 5.26 Å². The molecular weight excluding hydrogens is 164 g/mol. The van der Waals surface area contributed by atoms with Crippen LogP contribution < -0.4 is 10.9 Å². The molecule has 1 aromatic heterocycles. The number of rotatable bonds is 1. The molecule has 0 saturated heterocycles. The van der Waals surface area contributed by atoms with Crippen LogP contribution in [0.4, 0.5) is 5.82 Å². The van der Waals surface area contributed by atoms with Gasteiger partial charge in [-0.05, 0) is 25.5 Å². The molecule has 13 heavy (non-hydrogen) atoms. The summed E-state index contributed by atoms with van der Waals surface area (Å²) in [5.74, 6) is 6.08. The lowest BCUT2D eigenvalue weighted by Gasteiger charge is -2.14. The van der Waals surface area contributed by atoms with Crippen molar-refractivity contribution in [2.45, 2.75) is 13.8 Å². The molecular formula is C9H12N4. The van der Waals surface area contributed by atoms with Gasteiger partial charge in [0.15, 0.2) is 5.82 Å². The summed E-state index contributed by atoms with van der Waals surface area (Å²) in [4.78, 5) is 4.18. The van der Waals surface area contributed by atoms with Gasteiger partial charge in [-0.25, -0.2) is 10.8 Å². The summed E-state index contributed by atoms with van der Waals surface area (Å²) in [6.07, 6.45) is 0. The van der Waals surface area contributed by atoms with Gasteiger partial charge in [-0.3, -0.25) is 5.01 Å². The first-order valence-electron chi connectivity index (χ1n) is 3.93. The van der Waals surface area contributed by atoms with Crippen molar-refractivity contribution in [2.24, 2.45) is 5.84 Å². The molecule has 0 unspecified atom stereocenters. The Kier molecular flexibility index (Phi) is 2.49.